The van der Waals surface area contributed by atoms with Crippen molar-refractivity contribution in [2.24, 2.45) is 0 Å². The molecule has 6 heteroatoms. The summed E-state index contributed by atoms with van der Waals surface area (Å²) in [5, 5.41) is 15.0. The zero-order valence-corrected chi connectivity index (χ0v) is 11.4. The summed E-state index contributed by atoms with van der Waals surface area (Å²) >= 11 is 1.67. The third-order valence-electron chi connectivity index (χ3n) is 3.11. The number of nitrogens with zero attached hydrogens (tertiary/aromatic N) is 3. The van der Waals surface area contributed by atoms with Gasteiger partial charge in [0.25, 0.3) is 0 Å². The molecule has 2 aromatic rings. The summed E-state index contributed by atoms with van der Waals surface area (Å²) in [6, 6.07) is 2.99. The average Bonchev–Trinajstić information content (AvgIpc) is 2.99. The fourth-order valence-corrected chi connectivity index (χ4v) is 3.05. The van der Waals surface area contributed by atoms with Gasteiger partial charge in [-0.15, -0.1) is 5.10 Å². The zero-order chi connectivity index (χ0) is 12.5. The molecule has 18 heavy (non-hydrogen) atoms. The summed E-state index contributed by atoms with van der Waals surface area (Å²) < 4.78 is 0. The van der Waals surface area contributed by atoms with E-state index in [4.69, 9.17) is 0 Å². The first-order valence-corrected chi connectivity index (χ1v) is 7.12. The molecule has 0 bridgehead atoms. The van der Waals surface area contributed by atoms with Gasteiger partial charge in [0.2, 0.25) is 5.95 Å². The number of thiophene rings is 1. The van der Waals surface area contributed by atoms with Gasteiger partial charge in [0, 0.05) is 36.1 Å². The second-order valence-electron chi connectivity index (χ2n) is 4.87. The van der Waals surface area contributed by atoms with Gasteiger partial charge in [-0.2, -0.15) is 16.3 Å². The zero-order valence-electron chi connectivity index (χ0n) is 10.6. The van der Waals surface area contributed by atoms with Gasteiger partial charge in [0.05, 0.1) is 0 Å². The quantitative estimate of drug-likeness (QED) is 0.866. The highest BCUT2D eigenvalue weighted by molar-refractivity contribution is 7.08. The Kier molecular flexibility index (Phi) is 3.05. The van der Waals surface area contributed by atoms with Gasteiger partial charge < -0.3 is 10.2 Å². The Balaban J connectivity index is 1.80. The Morgan fingerprint density at radius 3 is 2.78 bits per heavy atom. The first-order valence-electron chi connectivity index (χ1n) is 6.18. The van der Waals surface area contributed by atoms with Crippen LogP contribution in [0, 0.1) is 0 Å². The molecule has 3 heterocycles. The van der Waals surface area contributed by atoms with E-state index in [0.29, 0.717) is 12.1 Å². The van der Waals surface area contributed by atoms with Crippen molar-refractivity contribution in [2.45, 2.75) is 25.9 Å². The molecule has 2 N–H and O–H groups in total. The van der Waals surface area contributed by atoms with E-state index in [1.165, 1.54) is 0 Å². The molecule has 0 aliphatic carbocycles. The summed E-state index contributed by atoms with van der Waals surface area (Å²) in [5.41, 5.74) is 1.11. The van der Waals surface area contributed by atoms with E-state index in [0.717, 1.165) is 30.4 Å². The Morgan fingerprint density at radius 1 is 1.33 bits per heavy atom. The van der Waals surface area contributed by atoms with E-state index in [-0.39, 0.29) is 0 Å². The van der Waals surface area contributed by atoms with Gasteiger partial charge in [0.15, 0.2) is 5.82 Å². The number of rotatable bonds is 2. The second kappa shape index (κ2) is 4.70. The number of anilines is 1. The number of aromatic nitrogens is 3. The fraction of sp³-hybridized carbons (Fsp3) is 0.500. The molecule has 5 nitrogen and oxygen atoms in total. The summed E-state index contributed by atoms with van der Waals surface area (Å²) in [6.07, 6.45) is 0. The van der Waals surface area contributed by atoms with Crippen molar-refractivity contribution in [3.05, 3.63) is 16.8 Å². The standard InChI is InChI=1S/C12H17N5S/c1-8-5-17(6-9(2)13-8)12-14-11(15-16-12)10-3-4-18-7-10/h3-4,7-9,13H,5-6H2,1-2H3,(H,14,15,16). The minimum absolute atomic E-state index is 0.469. The monoisotopic (exact) mass is 263 g/mol. The van der Waals surface area contributed by atoms with Crippen molar-refractivity contribution >= 4 is 17.3 Å². The van der Waals surface area contributed by atoms with E-state index in [1.807, 2.05) is 5.38 Å². The highest BCUT2D eigenvalue weighted by Gasteiger charge is 2.23. The van der Waals surface area contributed by atoms with Crippen LogP contribution < -0.4 is 10.2 Å². The molecule has 0 amide bonds. The summed E-state index contributed by atoms with van der Waals surface area (Å²) in [5.74, 6) is 1.65. The lowest BCUT2D eigenvalue weighted by atomic mass is 10.1. The predicted octanol–water partition coefficient (Wildman–Crippen LogP) is 1.72. The minimum atomic E-state index is 0.469. The maximum atomic E-state index is 4.58. The SMILES string of the molecule is CC1CN(c2n[nH]c(-c3ccsc3)n2)CC(C)N1. The van der Waals surface area contributed by atoms with E-state index in [9.17, 15) is 0 Å². The molecule has 2 atom stereocenters. The van der Waals surface area contributed by atoms with Crippen molar-refractivity contribution in [1.29, 1.82) is 0 Å². The van der Waals surface area contributed by atoms with Gasteiger partial charge in [-0.1, -0.05) is 0 Å². The summed E-state index contributed by atoms with van der Waals surface area (Å²) in [6.45, 7) is 6.28. The first kappa shape index (κ1) is 11.7. The highest BCUT2D eigenvalue weighted by Crippen LogP contribution is 2.21. The van der Waals surface area contributed by atoms with Crippen LogP contribution in [0.4, 0.5) is 5.95 Å². The number of hydrogen-bond donors (Lipinski definition) is 2. The van der Waals surface area contributed by atoms with Crippen LogP contribution in [0.3, 0.4) is 0 Å². The number of hydrogen-bond acceptors (Lipinski definition) is 5. The minimum Gasteiger partial charge on any atom is -0.336 e. The molecule has 0 saturated carbocycles. The predicted molar refractivity (Wildman–Crippen MR) is 74.0 cm³/mol. The van der Waals surface area contributed by atoms with Crippen molar-refractivity contribution < 1.29 is 0 Å². The third kappa shape index (κ3) is 2.26. The van der Waals surface area contributed by atoms with Crippen LogP contribution in [0.1, 0.15) is 13.8 Å². The molecular formula is C12H17N5S. The van der Waals surface area contributed by atoms with Crippen LogP contribution in [0.5, 0.6) is 0 Å². The molecule has 1 fully saturated rings. The van der Waals surface area contributed by atoms with Crippen LogP contribution in [0.25, 0.3) is 11.4 Å². The van der Waals surface area contributed by atoms with E-state index >= 15 is 0 Å². The van der Waals surface area contributed by atoms with E-state index in [1.54, 1.807) is 11.3 Å². The van der Waals surface area contributed by atoms with Crippen molar-refractivity contribution in [3.8, 4) is 11.4 Å². The second-order valence-corrected chi connectivity index (χ2v) is 5.65. The Bertz CT molecular complexity index is 496. The molecule has 1 aliphatic rings. The van der Waals surface area contributed by atoms with E-state index in [2.05, 4.69) is 50.7 Å². The lowest BCUT2D eigenvalue weighted by Gasteiger charge is -2.35. The molecule has 2 aromatic heterocycles. The normalized spacial score (nSPS) is 24.4. The van der Waals surface area contributed by atoms with Crippen LogP contribution in [0.2, 0.25) is 0 Å². The van der Waals surface area contributed by atoms with Crippen LogP contribution in [0.15, 0.2) is 16.8 Å². The molecule has 2 unspecified atom stereocenters. The van der Waals surface area contributed by atoms with Crippen molar-refractivity contribution in [1.82, 2.24) is 20.5 Å². The maximum Gasteiger partial charge on any atom is 0.245 e. The maximum absolute atomic E-state index is 4.58. The van der Waals surface area contributed by atoms with Gasteiger partial charge >= 0.3 is 0 Å². The lowest BCUT2D eigenvalue weighted by molar-refractivity contribution is 0.403. The molecule has 1 aliphatic heterocycles. The van der Waals surface area contributed by atoms with Gasteiger partial charge in [-0.3, -0.25) is 5.10 Å². The van der Waals surface area contributed by atoms with Crippen molar-refractivity contribution in [3.63, 3.8) is 0 Å². The van der Waals surface area contributed by atoms with Crippen molar-refractivity contribution in [2.75, 3.05) is 18.0 Å². The average molecular weight is 263 g/mol. The topological polar surface area (TPSA) is 56.8 Å². The largest absolute Gasteiger partial charge is 0.336 e. The molecule has 0 radical (unpaired) electrons. The molecular weight excluding hydrogens is 246 g/mol. The number of piperazine rings is 1. The van der Waals surface area contributed by atoms with E-state index < -0.39 is 0 Å². The number of nitrogens with one attached hydrogen (secondary N) is 2. The summed E-state index contributed by atoms with van der Waals surface area (Å²) in [7, 11) is 0. The lowest BCUT2D eigenvalue weighted by Crippen LogP contribution is -2.54. The Labute approximate surface area is 110 Å². The van der Waals surface area contributed by atoms with Crippen LogP contribution in [-0.2, 0) is 0 Å². The molecule has 0 spiro atoms. The van der Waals surface area contributed by atoms with Gasteiger partial charge in [-0.25, -0.2) is 0 Å². The molecule has 0 aromatic carbocycles. The molecule has 96 valence electrons. The summed E-state index contributed by atoms with van der Waals surface area (Å²) in [4.78, 5) is 6.82. The fourth-order valence-electron chi connectivity index (χ4n) is 2.41. The van der Waals surface area contributed by atoms with Gasteiger partial charge in [-0.05, 0) is 25.3 Å². The van der Waals surface area contributed by atoms with Crippen LogP contribution in [-0.4, -0.2) is 40.4 Å². The highest BCUT2D eigenvalue weighted by atomic mass is 32.1. The Hall–Kier alpha value is -1.40. The first-order chi connectivity index (χ1) is 8.72. The smallest absolute Gasteiger partial charge is 0.245 e. The molecule has 3 rings (SSSR count). The third-order valence-corrected chi connectivity index (χ3v) is 3.79. The Morgan fingerprint density at radius 2 is 2.11 bits per heavy atom. The van der Waals surface area contributed by atoms with Gasteiger partial charge in [0.1, 0.15) is 0 Å². The number of aromatic amines is 1. The number of H-pyrrole nitrogens is 1. The molecule has 1 saturated heterocycles. The van der Waals surface area contributed by atoms with Crippen LogP contribution >= 0.6 is 11.3 Å².